The number of aliphatic hydroxyl groups is 1. The van der Waals surface area contributed by atoms with E-state index in [-0.39, 0.29) is 0 Å². The van der Waals surface area contributed by atoms with Crippen molar-refractivity contribution in [2.45, 2.75) is 26.0 Å². The zero-order valence-corrected chi connectivity index (χ0v) is 18.5. The van der Waals surface area contributed by atoms with Gasteiger partial charge in [0.05, 0.1) is 19.8 Å². The molecular weight excluding hydrogens is 404 g/mol. The molecule has 0 aliphatic rings. The molecule has 1 unspecified atom stereocenters. The van der Waals surface area contributed by atoms with Crippen molar-refractivity contribution in [1.29, 1.82) is 0 Å². The van der Waals surface area contributed by atoms with Crippen molar-refractivity contribution in [1.82, 2.24) is 15.6 Å². The smallest absolute Gasteiger partial charge is 0.219 e. The highest BCUT2D eigenvalue weighted by atomic mass is 16.5. The molecule has 0 aliphatic heterocycles. The number of aromatic nitrogens is 1. The van der Waals surface area contributed by atoms with Crippen LogP contribution in [0, 0.1) is 0 Å². The summed E-state index contributed by atoms with van der Waals surface area (Å²) in [7, 11) is 1.62. The van der Waals surface area contributed by atoms with Gasteiger partial charge in [0.1, 0.15) is 11.5 Å². The van der Waals surface area contributed by atoms with E-state index >= 15 is 0 Å². The number of benzene rings is 2. The number of methoxy groups -OCH3 is 1. The molecule has 1 aromatic heterocycles. The predicted octanol–water partition coefficient (Wildman–Crippen LogP) is 4.06. The molecule has 1 heterocycles. The lowest BCUT2D eigenvalue weighted by atomic mass is 10.1. The Kier molecular flexibility index (Phi) is 8.89. The molecule has 0 radical (unpaired) electrons. The summed E-state index contributed by atoms with van der Waals surface area (Å²) < 4.78 is 11.0. The molecule has 3 rings (SSSR count). The minimum atomic E-state index is -0.507. The minimum absolute atomic E-state index is 0.475. The second-order valence-corrected chi connectivity index (χ2v) is 7.12. The highest BCUT2D eigenvalue weighted by Gasteiger charge is 2.07. The Hall–Kier alpha value is -3.58. The van der Waals surface area contributed by atoms with E-state index in [0.717, 1.165) is 23.4 Å². The molecule has 7 heteroatoms. The van der Waals surface area contributed by atoms with E-state index in [1.54, 1.807) is 13.3 Å². The zero-order chi connectivity index (χ0) is 22.6. The topological polar surface area (TPSA) is 88.0 Å². The molecule has 1 atom stereocenters. The summed E-state index contributed by atoms with van der Waals surface area (Å²) in [4.78, 5) is 8.97. The summed E-state index contributed by atoms with van der Waals surface area (Å²) >= 11 is 0. The maximum atomic E-state index is 10.3. The Balaban J connectivity index is 1.51. The van der Waals surface area contributed by atoms with Crippen LogP contribution in [0.1, 0.15) is 30.6 Å². The highest BCUT2D eigenvalue weighted by molar-refractivity contribution is 5.79. The first-order valence-corrected chi connectivity index (χ1v) is 10.7. The number of hydrogen-bond acceptors (Lipinski definition) is 5. The Morgan fingerprint density at radius 3 is 2.56 bits per heavy atom. The third kappa shape index (κ3) is 7.28. The summed E-state index contributed by atoms with van der Waals surface area (Å²) in [6.45, 7) is 3.84. The number of nitrogens with one attached hydrogen (secondary N) is 2. The molecule has 0 saturated carbocycles. The quantitative estimate of drug-likeness (QED) is 0.329. The normalized spacial score (nSPS) is 12.2. The van der Waals surface area contributed by atoms with Gasteiger partial charge < -0.3 is 25.2 Å². The molecule has 0 fully saturated rings. The lowest BCUT2D eigenvalue weighted by molar-refractivity contribution is 0.168. The lowest BCUT2D eigenvalue weighted by Crippen LogP contribution is -2.38. The Morgan fingerprint density at radius 2 is 1.84 bits per heavy atom. The van der Waals surface area contributed by atoms with Crippen LogP contribution in [-0.2, 0) is 6.54 Å². The first-order valence-electron chi connectivity index (χ1n) is 10.7. The number of hydrogen-bond donors (Lipinski definition) is 3. The first kappa shape index (κ1) is 23.1. The number of ether oxygens (including phenoxy) is 2. The Labute approximate surface area is 189 Å². The van der Waals surface area contributed by atoms with Crippen LogP contribution in [0.25, 0.3) is 0 Å². The molecule has 3 aromatic rings. The Bertz CT molecular complexity index is 978. The van der Waals surface area contributed by atoms with Crippen LogP contribution in [-0.4, -0.2) is 36.2 Å². The second kappa shape index (κ2) is 12.3. The van der Waals surface area contributed by atoms with Gasteiger partial charge in [0, 0.05) is 31.4 Å². The number of aliphatic imine (C=N–C) groups is 1. The number of nitrogens with zero attached hydrogens (tertiary/aromatic N) is 2. The molecule has 0 amide bonds. The summed E-state index contributed by atoms with van der Waals surface area (Å²) in [6.07, 6.45) is 1.83. The largest absolute Gasteiger partial charge is 0.497 e. The third-order valence-electron chi connectivity index (χ3n) is 4.72. The van der Waals surface area contributed by atoms with Crippen molar-refractivity contribution < 1.29 is 14.6 Å². The van der Waals surface area contributed by atoms with Crippen LogP contribution in [0.5, 0.6) is 17.4 Å². The standard InChI is InChI=1S/C25H30N4O3/c1-3-26-25(27-15-14-23(30)20-8-5-4-6-9-20)29-18-19-12-13-24(28-17-19)32-22-11-7-10-21(16-22)31-2/h4-13,16-17,23,30H,3,14-15,18H2,1-2H3,(H2,26,27,29). The van der Waals surface area contributed by atoms with Gasteiger partial charge in [-0.3, -0.25) is 0 Å². The lowest BCUT2D eigenvalue weighted by Gasteiger charge is -2.14. The van der Waals surface area contributed by atoms with Gasteiger partial charge in [0.25, 0.3) is 0 Å². The number of guanidine groups is 1. The number of aliphatic hydroxyl groups excluding tert-OH is 1. The third-order valence-corrected chi connectivity index (χ3v) is 4.72. The maximum Gasteiger partial charge on any atom is 0.219 e. The predicted molar refractivity (Wildman–Crippen MR) is 126 cm³/mol. The fourth-order valence-electron chi connectivity index (χ4n) is 3.03. The monoisotopic (exact) mass is 434 g/mol. The van der Waals surface area contributed by atoms with Gasteiger partial charge in [0.15, 0.2) is 5.96 Å². The molecule has 168 valence electrons. The fourth-order valence-corrected chi connectivity index (χ4v) is 3.03. The van der Waals surface area contributed by atoms with Crippen molar-refractivity contribution in [2.75, 3.05) is 20.2 Å². The van der Waals surface area contributed by atoms with Gasteiger partial charge in [-0.1, -0.05) is 42.5 Å². The van der Waals surface area contributed by atoms with Crippen LogP contribution in [0.15, 0.2) is 77.9 Å². The average Bonchev–Trinajstić information content (AvgIpc) is 2.84. The highest BCUT2D eigenvalue weighted by Crippen LogP contribution is 2.23. The van der Waals surface area contributed by atoms with E-state index in [1.165, 1.54) is 0 Å². The van der Waals surface area contributed by atoms with Crippen LogP contribution in [0.4, 0.5) is 0 Å². The van der Waals surface area contributed by atoms with Gasteiger partial charge in [0.2, 0.25) is 5.88 Å². The van der Waals surface area contributed by atoms with Crippen LogP contribution in [0.3, 0.4) is 0 Å². The zero-order valence-electron chi connectivity index (χ0n) is 18.5. The van der Waals surface area contributed by atoms with Gasteiger partial charge >= 0.3 is 0 Å². The molecule has 32 heavy (non-hydrogen) atoms. The van der Waals surface area contributed by atoms with E-state index in [4.69, 9.17) is 9.47 Å². The number of rotatable bonds is 10. The van der Waals surface area contributed by atoms with E-state index in [0.29, 0.717) is 37.1 Å². The molecular formula is C25H30N4O3. The second-order valence-electron chi connectivity index (χ2n) is 7.12. The van der Waals surface area contributed by atoms with Crippen molar-refractivity contribution in [3.8, 4) is 17.4 Å². The molecule has 0 aliphatic carbocycles. The molecule has 2 aromatic carbocycles. The van der Waals surface area contributed by atoms with Crippen LogP contribution in [0.2, 0.25) is 0 Å². The van der Waals surface area contributed by atoms with Crippen LogP contribution >= 0.6 is 0 Å². The van der Waals surface area contributed by atoms with Gasteiger partial charge in [-0.25, -0.2) is 9.98 Å². The van der Waals surface area contributed by atoms with Crippen molar-refractivity contribution in [2.24, 2.45) is 4.99 Å². The van der Waals surface area contributed by atoms with Crippen molar-refractivity contribution >= 4 is 5.96 Å². The molecule has 7 nitrogen and oxygen atoms in total. The minimum Gasteiger partial charge on any atom is -0.497 e. The molecule has 0 saturated heterocycles. The summed E-state index contributed by atoms with van der Waals surface area (Å²) in [5.74, 6) is 2.60. The summed E-state index contributed by atoms with van der Waals surface area (Å²) in [6, 6.07) is 20.8. The van der Waals surface area contributed by atoms with Crippen molar-refractivity contribution in [3.63, 3.8) is 0 Å². The summed E-state index contributed by atoms with van der Waals surface area (Å²) in [5, 5.41) is 16.8. The summed E-state index contributed by atoms with van der Waals surface area (Å²) in [5.41, 5.74) is 1.88. The molecule has 0 spiro atoms. The van der Waals surface area contributed by atoms with Gasteiger partial charge in [-0.05, 0) is 36.6 Å². The number of pyridine rings is 1. The molecule has 3 N–H and O–H groups in total. The van der Waals surface area contributed by atoms with Crippen LogP contribution < -0.4 is 20.1 Å². The fraction of sp³-hybridized carbons (Fsp3) is 0.280. The van der Waals surface area contributed by atoms with E-state index in [2.05, 4.69) is 20.6 Å². The van der Waals surface area contributed by atoms with E-state index in [9.17, 15) is 5.11 Å². The van der Waals surface area contributed by atoms with Gasteiger partial charge in [-0.2, -0.15) is 0 Å². The Morgan fingerprint density at radius 1 is 1.03 bits per heavy atom. The molecule has 0 bridgehead atoms. The first-order chi connectivity index (χ1) is 15.7. The van der Waals surface area contributed by atoms with E-state index < -0.39 is 6.10 Å². The van der Waals surface area contributed by atoms with Gasteiger partial charge in [-0.15, -0.1) is 0 Å². The average molecular weight is 435 g/mol. The van der Waals surface area contributed by atoms with Crippen molar-refractivity contribution in [3.05, 3.63) is 84.1 Å². The maximum absolute atomic E-state index is 10.3. The SMILES string of the molecule is CCNC(=NCc1ccc(Oc2cccc(OC)c2)nc1)NCCC(O)c1ccccc1. The van der Waals surface area contributed by atoms with E-state index in [1.807, 2.05) is 73.7 Å².